The Morgan fingerprint density at radius 3 is 2.76 bits per heavy atom. The molecule has 10 heteroatoms. The number of pyridine rings is 1. The number of carbonyl (C=O) groups is 2. The summed E-state index contributed by atoms with van der Waals surface area (Å²) < 4.78 is 39.9. The summed E-state index contributed by atoms with van der Waals surface area (Å²) in [6.07, 6.45) is 0.851. The van der Waals surface area contributed by atoms with Gasteiger partial charge in [0, 0.05) is 23.6 Å². The molecule has 2 rings (SSSR count). The van der Waals surface area contributed by atoms with Crippen molar-refractivity contribution in [2.24, 2.45) is 0 Å². The van der Waals surface area contributed by atoms with Crippen molar-refractivity contribution in [1.82, 2.24) is 4.98 Å². The lowest BCUT2D eigenvalue weighted by Crippen LogP contribution is -2.29. The maximum Gasteiger partial charge on any atom is 0.341 e. The number of aromatic nitrogens is 1. The maximum absolute atomic E-state index is 13.0. The highest BCUT2D eigenvalue weighted by Gasteiger charge is 2.40. The zero-order chi connectivity index (χ0) is 15.8. The molecule has 21 heavy (non-hydrogen) atoms. The normalized spacial score (nSPS) is 18.9. The van der Waals surface area contributed by atoms with Crippen molar-refractivity contribution < 1.29 is 26.6 Å². The standard InChI is InChI=1S/C11H10BrFN2O5S/c1-20-11(17)8-2-6(12)4-14-10(8)15-5-7(3-9(15)16)21(13,18)19/h2,4,7H,3,5H2,1H3. The fraction of sp³-hybridized carbons (Fsp3) is 0.364. The molecule has 1 aliphatic heterocycles. The van der Waals surface area contributed by atoms with Crippen LogP contribution < -0.4 is 4.90 Å². The third-order valence-corrected chi connectivity index (χ3v) is 4.53. The minimum Gasteiger partial charge on any atom is -0.465 e. The molecule has 0 N–H and O–H groups in total. The van der Waals surface area contributed by atoms with Gasteiger partial charge < -0.3 is 4.74 Å². The van der Waals surface area contributed by atoms with Gasteiger partial charge in [0.05, 0.1) is 7.11 Å². The first kappa shape index (κ1) is 15.8. The van der Waals surface area contributed by atoms with E-state index in [2.05, 4.69) is 25.7 Å². The number of rotatable bonds is 3. The summed E-state index contributed by atoms with van der Waals surface area (Å²) in [6, 6.07) is 1.39. The molecule has 1 saturated heterocycles. The van der Waals surface area contributed by atoms with Crippen molar-refractivity contribution in [3.8, 4) is 0 Å². The second kappa shape index (κ2) is 5.68. The number of nitrogens with zero attached hydrogens (tertiary/aromatic N) is 2. The van der Waals surface area contributed by atoms with E-state index in [1.54, 1.807) is 0 Å². The van der Waals surface area contributed by atoms with E-state index in [0.717, 1.165) is 12.0 Å². The lowest BCUT2D eigenvalue weighted by Gasteiger charge is -2.17. The Morgan fingerprint density at radius 2 is 2.24 bits per heavy atom. The predicted molar refractivity (Wildman–Crippen MR) is 74.1 cm³/mol. The van der Waals surface area contributed by atoms with Crippen LogP contribution in [0.5, 0.6) is 0 Å². The summed E-state index contributed by atoms with van der Waals surface area (Å²) in [5, 5.41) is -1.46. The Morgan fingerprint density at radius 1 is 1.57 bits per heavy atom. The van der Waals surface area contributed by atoms with Crippen LogP contribution in [0.15, 0.2) is 16.7 Å². The second-order valence-corrected chi connectivity index (χ2v) is 6.86. The second-order valence-electron chi connectivity index (χ2n) is 4.32. The van der Waals surface area contributed by atoms with Gasteiger partial charge >= 0.3 is 16.2 Å². The van der Waals surface area contributed by atoms with Crippen LogP contribution in [0.3, 0.4) is 0 Å². The van der Waals surface area contributed by atoms with Crippen LogP contribution in [0.4, 0.5) is 9.70 Å². The zero-order valence-corrected chi connectivity index (χ0v) is 13.1. The van der Waals surface area contributed by atoms with Crippen molar-refractivity contribution in [2.75, 3.05) is 18.6 Å². The molecule has 2 heterocycles. The number of anilines is 1. The van der Waals surface area contributed by atoms with Gasteiger partial charge in [-0.25, -0.2) is 9.78 Å². The van der Waals surface area contributed by atoms with E-state index < -0.39 is 40.3 Å². The smallest absolute Gasteiger partial charge is 0.341 e. The average molecular weight is 381 g/mol. The fourth-order valence-corrected chi connectivity index (χ4v) is 2.98. The molecule has 1 amide bonds. The van der Waals surface area contributed by atoms with E-state index in [0.29, 0.717) is 4.47 Å². The Kier molecular flexibility index (Phi) is 4.28. The van der Waals surface area contributed by atoms with Gasteiger partial charge in [0.15, 0.2) is 0 Å². The number of hydrogen-bond donors (Lipinski definition) is 0. The minimum atomic E-state index is -4.84. The highest BCUT2D eigenvalue weighted by molar-refractivity contribution is 9.10. The van der Waals surface area contributed by atoms with Crippen LogP contribution >= 0.6 is 15.9 Å². The summed E-state index contributed by atoms with van der Waals surface area (Å²) in [5.41, 5.74) is -0.0165. The first-order valence-electron chi connectivity index (χ1n) is 5.71. The SMILES string of the molecule is COC(=O)c1cc(Br)cnc1N1CC(S(=O)(=O)F)CC1=O. The number of hydrogen-bond acceptors (Lipinski definition) is 6. The molecule has 1 unspecified atom stereocenters. The van der Waals surface area contributed by atoms with Crippen LogP contribution in [-0.4, -0.2) is 44.2 Å². The molecule has 1 aliphatic rings. The number of amides is 1. The number of carbonyl (C=O) groups excluding carboxylic acids is 2. The van der Waals surface area contributed by atoms with Crippen molar-refractivity contribution in [3.63, 3.8) is 0 Å². The van der Waals surface area contributed by atoms with Crippen LogP contribution in [0, 0.1) is 0 Å². The van der Waals surface area contributed by atoms with Gasteiger partial charge in [0.1, 0.15) is 16.6 Å². The van der Waals surface area contributed by atoms with Gasteiger partial charge in [-0.05, 0) is 22.0 Å². The van der Waals surface area contributed by atoms with Crippen LogP contribution in [-0.2, 0) is 19.8 Å². The monoisotopic (exact) mass is 380 g/mol. The molecule has 0 bridgehead atoms. The number of halogens is 2. The molecular formula is C11H10BrFN2O5S. The van der Waals surface area contributed by atoms with E-state index in [1.807, 2.05) is 0 Å². The number of ether oxygens (including phenoxy) is 1. The molecule has 7 nitrogen and oxygen atoms in total. The predicted octanol–water partition coefficient (Wildman–Crippen LogP) is 1.04. The maximum atomic E-state index is 13.0. The van der Waals surface area contributed by atoms with Crippen LogP contribution in [0.1, 0.15) is 16.8 Å². The first-order chi connectivity index (χ1) is 9.74. The van der Waals surface area contributed by atoms with Crippen molar-refractivity contribution >= 4 is 43.8 Å². The molecular weight excluding hydrogens is 371 g/mol. The lowest BCUT2D eigenvalue weighted by molar-refractivity contribution is -0.117. The zero-order valence-electron chi connectivity index (χ0n) is 10.7. The minimum absolute atomic E-state index is 0.0165. The van der Waals surface area contributed by atoms with Gasteiger partial charge in [-0.1, -0.05) is 0 Å². The van der Waals surface area contributed by atoms with Gasteiger partial charge in [-0.2, -0.15) is 8.42 Å². The Balaban J connectivity index is 2.43. The largest absolute Gasteiger partial charge is 0.465 e. The Bertz CT molecular complexity index is 709. The molecule has 114 valence electrons. The quantitative estimate of drug-likeness (QED) is 0.574. The van der Waals surface area contributed by atoms with E-state index in [-0.39, 0.29) is 11.4 Å². The lowest BCUT2D eigenvalue weighted by atomic mass is 10.2. The van der Waals surface area contributed by atoms with E-state index in [1.165, 1.54) is 12.3 Å². The summed E-state index contributed by atoms with van der Waals surface area (Å²) in [5.74, 6) is -1.42. The Labute approximate surface area is 128 Å². The summed E-state index contributed by atoms with van der Waals surface area (Å²) in [6.45, 7) is -0.393. The van der Waals surface area contributed by atoms with Gasteiger partial charge in [-0.15, -0.1) is 3.89 Å². The van der Waals surface area contributed by atoms with E-state index >= 15 is 0 Å². The molecule has 1 aromatic rings. The van der Waals surface area contributed by atoms with Crippen molar-refractivity contribution in [2.45, 2.75) is 11.7 Å². The summed E-state index contributed by atoms with van der Waals surface area (Å²) in [7, 11) is -3.68. The van der Waals surface area contributed by atoms with Gasteiger partial charge in [0.25, 0.3) is 0 Å². The first-order valence-corrected chi connectivity index (χ1v) is 7.95. The van der Waals surface area contributed by atoms with Crippen LogP contribution in [0.25, 0.3) is 0 Å². The highest BCUT2D eigenvalue weighted by atomic mass is 79.9. The number of methoxy groups -OCH3 is 1. The molecule has 0 saturated carbocycles. The van der Waals surface area contributed by atoms with E-state index in [9.17, 15) is 21.9 Å². The van der Waals surface area contributed by atoms with Crippen molar-refractivity contribution in [3.05, 3.63) is 22.3 Å². The summed E-state index contributed by atoms with van der Waals surface area (Å²) >= 11 is 3.13. The molecule has 0 spiro atoms. The highest BCUT2D eigenvalue weighted by Crippen LogP contribution is 2.28. The topological polar surface area (TPSA) is 93.6 Å². The average Bonchev–Trinajstić information content (AvgIpc) is 2.80. The fourth-order valence-electron chi connectivity index (χ4n) is 1.98. The molecule has 1 atom stereocenters. The molecule has 1 fully saturated rings. The van der Waals surface area contributed by atoms with Gasteiger partial charge in [-0.3, -0.25) is 9.69 Å². The third kappa shape index (κ3) is 3.21. The van der Waals surface area contributed by atoms with Gasteiger partial charge in [0.2, 0.25) is 5.91 Å². The number of esters is 1. The molecule has 0 aromatic carbocycles. The molecule has 0 radical (unpaired) electrons. The van der Waals surface area contributed by atoms with E-state index in [4.69, 9.17) is 0 Å². The molecule has 0 aliphatic carbocycles. The Hall–Kier alpha value is -1.55. The van der Waals surface area contributed by atoms with Crippen molar-refractivity contribution in [1.29, 1.82) is 0 Å². The molecule has 1 aromatic heterocycles. The summed E-state index contributed by atoms with van der Waals surface area (Å²) in [4.78, 5) is 28.5. The van der Waals surface area contributed by atoms with Crippen LogP contribution in [0.2, 0.25) is 0 Å². The third-order valence-electron chi connectivity index (χ3n) is 2.98.